The summed E-state index contributed by atoms with van der Waals surface area (Å²) < 4.78 is 68.8. The van der Waals surface area contributed by atoms with Crippen LogP contribution in [-0.4, -0.2) is 208 Å². The van der Waals surface area contributed by atoms with Gasteiger partial charge in [0, 0.05) is 62.9 Å². The molecule has 0 saturated carbocycles. The molecule has 4 saturated heterocycles. The van der Waals surface area contributed by atoms with Crippen LogP contribution >= 0.6 is 0 Å². The Morgan fingerprint density at radius 2 is 1.60 bits per heavy atom. The van der Waals surface area contributed by atoms with Crippen LogP contribution in [0.4, 0.5) is 10.5 Å². The van der Waals surface area contributed by atoms with E-state index in [4.69, 9.17) is 38.3 Å². The molecule has 426 valence electrons. The summed E-state index contributed by atoms with van der Waals surface area (Å²) in [5.74, 6) is -2.91. The third-order valence-electron chi connectivity index (χ3n) is 16.2. The first-order valence-corrected chi connectivity index (χ1v) is 27.7. The molecule has 7 N–H and O–H groups in total. The number of methoxy groups -OCH3 is 1. The van der Waals surface area contributed by atoms with Gasteiger partial charge in [-0.25, -0.2) is 23.0 Å². The summed E-state index contributed by atoms with van der Waals surface area (Å²) in [4.78, 5) is 32.5. The van der Waals surface area contributed by atoms with E-state index in [9.17, 15) is 43.5 Å². The number of hydrogen-bond donors (Lipinski definition) is 6. The Kier molecular flexibility index (Phi) is 19.7. The van der Waals surface area contributed by atoms with E-state index in [-0.39, 0.29) is 43.2 Å². The fraction of sp³-hybridized carbons (Fsp3) is 0.804. The highest BCUT2D eigenvalue weighted by Gasteiger charge is 2.53. The van der Waals surface area contributed by atoms with E-state index in [2.05, 4.69) is 10.3 Å². The van der Waals surface area contributed by atoms with Gasteiger partial charge >= 0.3 is 12.1 Å². The van der Waals surface area contributed by atoms with E-state index in [1.54, 1.807) is 59.3 Å². The Labute approximate surface area is 441 Å². The van der Waals surface area contributed by atoms with Gasteiger partial charge in [-0.05, 0) is 112 Å². The lowest BCUT2D eigenvalue weighted by molar-refractivity contribution is -0.318. The Morgan fingerprint density at radius 3 is 2.23 bits per heavy atom. The minimum atomic E-state index is -3.90. The zero-order chi connectivity index (χ0) is 55.7. The zero-order valence-electron chi connectivity index (χ0n) is 45.9. The van der Waals surface area contributed by atoms with Crippen molar-refractivity contribution in [2.45, 2.75) is 209 Å². The van der Waals surface area contributed by atoms with Crippen LogP contribution in [0.2, 0.25) is 0 Å². The van der Waals surface area contributed by atoms with Gasteiger partial charge in [-0.2, -0.15) is 0 Å². The smallest absolute Gasteiger partial charge is 0.414 e. The van der Waals surface area contributed by atoms with Gasteiger partial charge in [0.15, 0.2) is 12.6 Å². The molecular weight excluding hydrogens is 999 g/mol. The number of ether oxygens (including phenoxy) is 7. The Balaban J connectivity index is 1.22. The highest BCUT2D eigenvalue weighted by atomic mass is 32.2. The van der Waals surface area contributed by atoms with Crippen molar-refractivity contribution in [1.29, 1.82) is 0 Å². The summed E-state index contributed by atoms with van der Waals surface area (Å²) in [6.45, 7) is 18.6. The molecule has 0 aliphatic carbocycles. The van der Waals surface area contributed by atoms with Crippen molar-refractivity contribution < 1.29 is 76.7 Å². The summed E-state index contributed by atoms with van der Waals surface area (Å²) in [6, 6.07) is 4.53. The molecule has 4 aliphatic rings. The van der Waals surface area contributed by atoms with Crippen molar-refractivity contribution in [3.05, 3.63) is 36.2 Å². The number of aliphatic hydroxyl groups is 5. The second kappa shape index (κ2) is 24.3. The first kappa shape index (κ1) is 60.8. The molecule has 6 rings (SSSR count). The quantitative estimate of drug-likeness (QED) is 0.147. The summed E-state index contributed by atoms with van der Waals surface area (Å²) in [7, 11) is 1.28. The predicted octanol–water partition coefficient (Wildman–Crippen LogP) is 1.78. The number of primary sulfonamides is 1. The predicted molar refractivity (Wildman–Crippen MR) is 272 cm³/mol. The minimum absolute atomic E-state index is 0.0762. The van der Waals surface area contributed by atoms with E-state index >= 15 is 0 Å². The third-order valence-corrected chi connectivity index (χ3v) is 17.1. The molecule has 0 unspecified atom stereocenters. The van der Waals surface area contributed by atoms with Crippen molar-refractivity contribution in [3.8, 4) is 0 Å². The van der Waals surface area contributed by atoms with Crippen molar-refractivity contribution in [2.75, 3.05) is 45.7 Å². The molecule has 4 aliphatic heterocycles. The number of carbonyl (C=O) groups is 2. The van der Waals surface area contributed by atoms with E-state index in [0.29, 0.717) is 37.3 Å². The molecule has 4 fully saturated rings. The standard InChI is InChI=1S/C51H85N7O16S/c1-14-39-51(10,65)43(60)32(6)56(12)24-28(2)22-49(8,64)45(30(4)42(31(5)46(62)72-39)73-40-23-50(9,68-13)44(61)33(7)70-40)74-47-41(59)38(21-29(3)69-47)55(11)20-19-34-25-57(54-53-34)26-36-27-58(48(63)71-36)35-15-17-37(18-16-35)75(52,66)67/h15-18,25,28-33,36,38-45,47,59-61,64-65H,14,19-24,26-27H2,1-13H3,(H2,52,66,67)/t28-,29-,30+,31-,32-,33+,36+,38+,39-,40+,41-,42+,43-,44+,45-,47+,49-,50-,51-/m1/s1. The molecule has 1 aromatic carbocycles. The highest BCUT2D eigenvalue weighted by Crippen LogP contribution is 2.40. The Bertz CT molecular complexity index is 2330. The van der Waals surface area contributed by atoms with Crippen LogP contribution in [0.1, 0.15) is 101 Å². The van der Waals surface area contributed by atoms with E-state index in [0.717, 1.165) is 0 Å². The number of sulfonamides is 1. The number of rotatable bonds is 14. The number of cyclic esters (lactones) is 2. The molecule has 19 atom stereocenters. The lowest BCUT2D eigenvalue weighted by Crippen LogP contribution is -2.61. The molecule has 1 aromatic heterocycles. The molecule has 0 bridgehead atoms. The largest absolute Gasteiger partial charge is 0.459 e. The van der Waals surface area contributed by atoms with Gasteiger partial charge in [-0.1, -0.05) is 26.0 Å². The van der Waals surface area contributed by atoms with Crippen LogP contribution in [0.5, 0.6) is 0 Å². The number of anilines is 1. The first-order valence-electron chi connectivity index (χ1n) is 26.2. The van der Waals surface area contributed by atoms with Crippen molar-refractivity contribution in [1.82, 2.24) is 24.8 Å². The van der Waals surface area contributed by atoms with E-state index in [1.807, 2.05) is 37.7 Å². The Morgan fingerprint density at radius 1 is 0.933 bits per heavy atom. The minimum Gasteiger partial charge on any atom is -0.459 e. The summed E-state index contributed by atoms with van der Waals surface area (Å²) in [5, 5.41) is 73.6. The number of amides is 1. The van der Waals surface area contributed by atoms with Crippen LogP contribution < -0.4 is 10.0 Å². The second-order valence-electron chi connectivity index (χ2n) is 22.5. The van der Waals surface area contributed by atoms with Crippen LogP contribution in [-0.2, 0) is 60.9 Å². The fourth-order valence-corrected chi connectivity index (χ4v) is 12.0. The zero-order valence-corrected chi connectivity index (χ0v) is 46.7. The molecule has 1 amide bonds. The van der Waals surface area contributed by atoms with Crippen molar-refractivity contribution >= 4 is 27.8 Å². The number of nitrogens with zero attached hydrogens (tertiary/aromatic N) is 6. The number of nitrogens with two attached hydrogens (primary N) is 1. The van der Waals surface area contributed by atoms with Gasteiger partial charge in [-0.15, -0.1) is 5.10 Å². The highest BCUT2D eigenvalue weighted by molar-refractivity contribution is 7.89. The van der Waals surface area contributed by atoms with Crippen LogP contribution in [0, 0.1) is 17.8 Å². The van der Waals surface area contributed by atoms with Crippen LogP contribution in [0.3, 0.4) is 0 Å². The van der Waals surface area contributed by atoms with Gasteiger partial charge in [0.25, 0.3) is 0 Å². The van der Waals surface area contributed by atoms with Gasteiger partial charge in [0.2, 0.25) is 10.0 Å². The normalized spacial score (nSPS) is 40.2. The van der Waals surface area contributed by atoms with Crippen LogP contribution in [0.15, 0.2) is 35.4 Å². The van der Waals surface area contributed by atoms with Gasteiger partial charge in [0.1, 0.15) is 36.1 Å². The van der Waals surface area contributed by atoms with E-state index < -0.39 is 130 Å². The molecule has 0 spiro atoms. The maximum absolute atomic E-state index is 14.5. The number of aliphatic hydroxyl groups excluding tert-OH is 3. The molecule has 23 nitrogen and oxygen atoms in total. The molecular formula is C51H85N7O16S. The number of likely N-dealkylation sites (N-methyl/N-ethyl adjacent to an activating group) is 2. The molecule has 0 radical (unpaired) electrons. The lowest BCUT2D eigenvalue weighted by Gasteiger charge is -2.49. The van der Waals surface area contributed by atoms with Gasteiger partial charge < -0.3 is 68.5 Å². The SMILES string of the molecule is CC[C@H]1OC(=O)[C@H](C)[C@@H](O[C@H]2C[C@@](C)(OC)[C@@H](O)[C@H](C)O2)[C@H](C)[C@@H](O[C@@H]2O[C@H](C)C[C@H](N(C)CCc3cn(C[C@H]4CN(c5ccc(S(N)(=O)=O)cc5)C(=O)O4)nn3)[C@H]2O)[C@](C)(O)C[C@@H](C)CN(C)[C@H](C)[C@@H](O)[C@]1(C)O. The molecule has 75 heavy (non-hydrogen) atoms. The van der Waals surface area contributed by atoms with Crippen molar-refractivity contribution in [2.24, 2.45) is 22.9 Å². The molecule has 5 heterocycles. The topological polar surface area (TPSA) is 300 Å². The van der Waals surface area contributed by atoms with E-state index in [1.165, 1.54) is 43.2 Å². The number of aromatic nitrogens is 3. The maximum atomic E-state index is 14.5. The lowest BCUT2D eigenvalue weighted by atomic mass is 9.77. The number of carbonyl (C=O) groups excluding carboxylic acids is 2. The third kappa shape index (κ3) is 14.1. The molecule has 24 heteroatoms. The second-order valence-corrected chi connectivity index (χ2v) is 24.1. The first-order chi connectivity index (χ1) is 34.9. The number of hydrogen-bond acceptors (Lipinski definition) is 20. The average Bonchev–Trinajstić information content (AvgIpc) is 3.96. The summed E-state index contributed by atoms with van der Waals surface area (Å²) >= 11 is 0. The average molecular weight is 1080 g/mol. The number of benzene rings is 1. The van der Waals surface area contributed by atoms with Gasteiger partial charge in [0.05, 0.1) is 65.2 Å². The van der Waals surface area contributed by atoms with Crippen molar-refractivity contribution in [3.63, 3.8) is 0 Å². The van der Waals surface area contributed by atoms with Gasteiger partial charge in [-0.3, -0.25) is 9.69 Å². The monoisotopic (exact) mass is 1080 g/mol. The number of esters is 1. The van der Waals surface area contributed by atoms with Crippen LogP contribution in [0.25, 0.3) is 0 Å². The summed E-state index contributed by atoms with van der Waals surface area (Å²) in [5.41, 5.74) is -3.51. The summed E-state index contributed by atoms with van der Waals surface area (Å²) in [6.07, 6.45) is -8.51. The Hall–Kier alpha value is -3.47. The maximum Gasteiger partial charge on any atom is 0.414 e. The molecule has 2 aromatic rings. The fourth-order valence-electron chi connectivity index (χ4n) is 11.5.